The van der Waals surface area contributed by atoms with Crippen LogP contribution in [0.25, 0.3) is 0 Å². The third kappa shape index (κ3) is 2.85. The van der Waals surface area contributed by atoms with Crippen LogP contribution in [0.3, 0.4) is 0 Å². The summed E-state index contributed by atoms with van der Waals surface area (Å²) in [6, 6.07) is 2.38. The fraction of sp³-hybridized carbons (Fsp3) is 0.400. The Morgan fingerprint density at radius 2 is 1.59 bits per heavy atom. The third-order valence-corrected chi connectivity index (χ3v) is 4.94. The van der Waals surface area contributed by atoms with Gasteiger partial charge in [-0.25, -0.2) is 8.42 Å². The van der Waals surface area contributed by atoms with Gasteiger partial charge in [-0.15, -0.1) is 0 Å². The number of phenolic OH excluding ortho intramolecular Hbond substituents is 1. The number of nitrogens with zero attached hydrogens (tertiary/aromatic N) is 1. The standard InChI is InChI=1S/C10H13Cl2NO3S/c1-3-13(4-2)17(15,16)7-5-8(11)10(14)9(12)6-7/h5-6,14H,3-4H2,1-2H3. The van der Waals surface area contributed by atoms with Gasteiger partial charge in [0.15, 0.2) is 5.75 Å². The maximum Gasteiger partial charge on any atom is 0.243 e. The molecule has 0 radical (unpaired) electrons. The average molecular weight is 298 g/mol. The topological polar surface area (TPSA) is 57.6 Å². The van der Waals surface area contributed by atoms with E-state index in [1.807, 2.05) is 0 Å². The Bertz CT molecular complexity index is 489. The lowest BCUT2D eigenvalue weighted by molar-refractivity contribution is 0.444. The molecule has 0 aliphatic heterocycles. The van der Waals surface area contributed by atoms with Crippen LogP contribution >= 0.6 is 23.2 Å². The first-order valence-electron chi connectivity index (χ1n) is 5.02. The van der Waals surface area contributed by atoms with Gasteiger partial charge in [0.1, 0.15) is 0 Å². The molecule has 1 aromatic carbocycles. The molecule has 17 heavy (non-hydrogen) atoms. The second kappa shape index (κ2) is 5.44. The van der Waals surface area contributed by atoms with E-state index >= 15 is 0 Å². The highest BCUT2D eigenvalue weighted by Crippen LogP contribution is 2.34. The molecular formula is C10H13Cl2NO3S. The zero-order valence-electron chi connectivity index (χ0n) is 9.44. The highest BCUT2D eigenvalue weighted by atomic mass is 35.5. The lowest BCUT2D eigenvalue weighted by atomic mass is 10.3. The lowest BCUT2D eigenvalue weighted by Crippen LogP contribution is -2.30. The van der Waals surface area contributed by atoms with E-state index in [9.17, 15) is 13.5 Å². The van der Waals surface area contributed by atoms with Gasteiger partial charge in [-0.3, -0.25) is 0 Å². The molecule has 0 fully saturated rings. The Balaban J connectivity index is 3.34. The minimum atomic E-state index is -3.61. The van der Waals surface area contributed by atoms with Gasteiger partial charge in [-0.2, -0.15) is 4.31 Å². The lowest BCUT2D eigenvalue weighted by Gasteiger charge is -2.18. The molecule has 0 aliphatic rings. The van der Waals surface area contributed by atoms with Crippen molar-refractivity contribution in [2.24, 2.45) is 0 Å². The summed E-state index contributed by atoms with van der Waals surface area (Å²) in [5.74, 6) is -0.313. The van der Waals surface area contributed by atoms with Crippen molar-refractivity contribution in [3.63, 3.8) is 0 Å². The molecule has 0 saturated carbocycles. The summed E-state index contributed by atoms with van der Waals surface area (Å²) in [5, 5.41) is 9.22. The summed E-state index contributed by atoms with van der Waals surface area (Å²) >= 11 is 11.4. The van der Waals surface area contributed by atoms with Gasteiger partial charge in [0.2, 0.25) is 10.0 Å². The average Bonchev–Trinajstić information content (AvgIpc) is 2.26. The zero-order chi connectivity index (χ0) is 13.2. The van der Waals surface area contributed by atoms with Gasteiger partial charge >= 0.3 is 0 Å². The molecule has 0 aliphatic carbocycles. The maximum atomic E-state index is 12.1. The summed E-state index contributed by atoms with van der Waals surface area (Å²) in [4.78, 5) is -0.0194. The maximum absolute atomic E-state index is 12.1. The van der Waals surface area contributed by atoms with Gasteiger partial charge in [0.25, 0.3) is 0 Å². The van der Waals surface area contributed by atoms with E-state index < -0.39 is 10.0 Å². The molecule has 1 rings (SSSR count). The van der Waals surface area contributed by atoms with E-state index in [1.54, 1.807) is 13.8 Å². The van der Waals surface area contributed by atoms with E-state index in [0.29, 0.717) is 13.1 Å². The smallest absolute Gasteiger partial charge is 0.243 e. The predicted molar refractivity (Wildman–Crippen MR) is 68.2 cm³/mol. The molecule has 4 nitrogen and oxygen atoms in total. The molecule has 0 saturated heterocycles. The number of halogens is 2. The Hall–Kier alpha value is -0.490. The number of hydrogen-bond donors (Lipinski definition) is 1. The fourth-order valence-corrected chi connectivity index (χ4v) is 3.53. The predicted octanol–water partition coefficient (Wildman–Crippen LogP) is 2.73. The first kappa shape index (κ1) is 14.6. The summed E-state index contributed by atoms with van der Waals surface area (Å²) in [6.45, 7) is 4.19. The van der Waals surface area contributed by atoms with Crippen LogP contribution in [0.15, 0.2) is 17.0 Å². The molecule has 0 heterocycles. The van der Waals surface area contributed by atoms with Gasteiger partial charge in [0.05, 0.1) is 14.9 Å². The van der Waals surface area contributed by atoms with Gasteiger partial charge in [0, 0.05) is 13.1 Å². The van der Waals surface area contributed by atoms with Gasteiger partial charge < -0.3 is 5.11 Å². The molecule has 7 heteroatoms. The molecule has 96 valence electrons. The van der Waals surface area contributed by atoms with Crippen LogP contribution in [-0.4, -0.2) is 30.9 Å². The number of rotatable bonds is 4. The Morgan fingerprint density at radius 1 is 1.18 bits per heavy atom. The van der Waals surface area contributed by atoms with Crippen molar-refractivity contribution in [1.82, 2.24) is 4.31 Å². The SMILES string of the molecule is CCN(CC)S(=O)(=O)c1cc(Cl)c(O)c(Cl)c1. The molecule has 1 aromatic rings. The zero-order valence-corrected chi connectivity index (χ0v) is 11.8. The van der Waals surface area contributed by atoms with E-state index in [0.717, 1.165) is 0 Å². The Morgan fingerprint density at radius 3 is 1.94 bits per heavy atom. The quantitative estimate of drug-likeness (QED) is 0.930. The van der Waals surface area contributed by atoms with Crippen molar-refractivity contribution in [2.45, 2.75) is 18.7 Å². The van der Waals surface area contributed by atoms with Crippen LogP contribution in [-0.2, 0) is 10.0 Å². The van der Waals surface area contributed by atoms with Crippen LogP contribution in [0.1, 0.15) is 13.8 Å². The van der Waals surface area contributed by atoms with E-state index in [-0.39, 0.29) is 20.7 Å². The molecular weight excluding hydrogens is 285 g/mol. The van der Waals surface area contributed by atoms with Crippen molar-refractivity contribution < 1.29 is 13.5 Å². The van der Waals surface area contributed by atoms with Crippen LogP contribution in [0.4, 0.5) is 0 Å². The van der Waals surface area contributed by atoms with E-state index in [1.165, 1.54) is 16.4 Å². The van der Waals surface area contributed by atoms with Crippen molar-refractivity contribution in [3.05, 3.63) is 22.2 Å². The fourth-order valence-electron chi connectivity index (χ4n) is 1.40. The highest BCUT2D eigenvalue weighted by molar-refractivity contribution is 7.89. The largest absolute Gasteiger partial charge is 0.505 e. The number of aromatic hydroxyl groups is 1. The van der Waals surface area contributed by atoms with Crippen LogP contribution in [0.2, 0.25) is 10.0 Å². The van der Waals surface area contributed by atoms with E-state index in [2.05, 4.69) is 0 Å². The normalized spacial score (nSPS) is 12.1. The Kier molecular flexibility index (Phi) is 4.66. The minimum Gasteiger partial charge on any atom is -0.505 e. The van der Waals surface area contributed by atoms with Crippen LogP contribution in [0.5, 0.6) is 5.75 Å². The van der Waals surface area contributed by atoms with Crippen molar-refractivity contribution in [1.29, 1.82) is 0 Å². The summed E-state index contributed by atoms with van der Waals surface area (Å²) < 4.78 is 25.6. The van der Waals surface area contributed by atoms with Crippen molar-refractivity contribution in [3.8, 4) is 5.75 Å². The first-order chi connectivity index (χ1) is 7.84. The number of phenols is 1. The van der Waals surface area contributed by atoms with Crippen molar-refractivity contribution >= 4 is 33.2 Å². The molecule has 0 aromatic heterocycles. The first-order valence-corrected chi connectivity index (χ1v) is 7.22. The number of sulfonamides is 1. The molecule has 0 unspecified atom stereocenters. The van der Waals surface area contributed by atoms with Gasteiger partial charge in [-0.05, 0) is 12.1 Å². The molecule has 0 spiro atoms. The monoisotopic (exact) mass is 297 g/mol. The summed E-state index contributed by atoms with van der Waals surface area (Å²) in [6.07, 6.45) is 0. The number of hydrogen-bond acceptors (Lipinski definition) is 3. The Labute approximate surface area is 111 Å². The summed E-state index contributed by atoms with van der Waals surface area (Å²) in [7, 11) is -3.61. The van der Waals surface area contributed by atoms with Crippen LogP contribution in [0, 0.1) is 0 Å². The second-order valence-electron chi connectivity index (χ2n) is 3.32. The molecule has 0 atom stereocenters. The van der Waals surface area contributed by atoms with Crippen molar-refractivity contribution in [2.75, 3.05) is 13.1 Å². The third-order valence-electron chi connectivity index (χ3n) is 2.33. The number of benzene rings is 1. The van der Waals surface area contributed by atoms with Crippen LogP contribution < -0.4 is 0 Å². The minimum absolute atomic E-state index is 0.0194. The van der Waals surface area contributed by atoms with Gasteiger partial charge in [-0.1, -0.05) is 37.0 Å². The molecule has 0 amide bonds. The summed E-state index contributed by atoms with van der Waals surface area (Å²) in [5.41, 5.74) is 0. The molecule has 0 bridgehead atoms. The second-order valence-corrected chi connectivity index (χ2v) is 6.08. The van der Waals surface area contributed by atoms with E-state index in [4.69, 9.17) is 23.2 Å². The molecule has 1 N–H and O–H groups in total. The highest BCUT2D eigenvalue weighted by Gasteiger charge is 2.23.